The first-order chi connectivity index (χ1) is 10.1. The zero-order valence-electron chi connectivity index (χ0n) is 12.8. The number of nitrogens with zero attached hydrogens (tertiary/aromatic N) is 2. The number of aliphatic carboxylic acids is 1. The topological polar surface area (TPSA) is 60.9 Å². The smallest absolute Gasteiger partial charge is 0.307 e. The minimum absolute atomic E-state index is 0.102. The Kier molecular flexibility index (Phi) is 4.20. The van der Waals surface area contributed by atoms with E-state index in [2.05, 4.69) is 11.8 Å². The molecule has 0 aromatic rings. The summed E-state index contributed by atoms with van der Waals surface area (Å²) >= 11 is 0. The molecule has 0 radical (unpaired) electrons. The fourth-order valence-electron chi connectivity index (χ4n) is 4.45. The minimum Gasteiger partial charge on any atom is -0.481 e. The molecule has 2 heterocycles. The van der Waals surface area contributed by atoms with E-state index in [1.54, 1.807) is 0 Å². The first-order valence-corrected chi connectivity index (χ1v) is 8.35. The van der Waals surface area contributed by atoms with Gasteiger partial charge in [-0.05, 0) is 38.1 Å². The number of amides is 1. The normalized spacial score (nSPS) is 36.7. The van der Waals surface area contributed by atoms with Gasteiger partial charge in [-0.2, -0.15) is 0 Å². The molecule has 21 heavy (non-hydrogen) atoms. The Morgan fingerprint density at radius 2 is 1.90 bits per heavy atom. The number of fused-ring (bicyclic) bond motifs is 1. The molecule has 0 spiro atoms. The number of piperazine rings is 1. The second-order valence-corrected chi connectivity index (χ2v) is 6.91. The fraction of sp³-hybridized carbons (Fsp3) is 0.875. The molecule has 3 fully saturated rings. The summed E-state index contributed by atoms with van der Waals surface area (Å²) in [7, 11) is 0. The molecular weight excluding hydrogens is 268 g/mol. The Hall–Kier alpha value is -1.10. The Morgan fingerprint density at radius 1 is 1.14 bits per heavy atom. The molecule has 1 N–H and O–H groups in total. The largest absolute Gasteiger partial charge is 0.481 e. The average molecular weight is 294 g/mol. The number of carbonyl (C=O) groups is 2. The molecule has 0 aromatic heterocycles. The average Bonchev–Trinajstić information content (AvgIpc) is 3.11. The number of rotatable bonds is 3. The van der Waals surface area contributed by atoms with Crippen molar-refractivity contribution in [2.24, 2.45) is 17.8 Å². The van der Waals surface area contributed by atoms with Crippen LogP contribution in [-0.4, -0.2) is 59.0 Å². The molecule has 4 atom stereocenters. The molecule has 5 heteroatoms. The molecule has 1 aliphatic carbocycles. The van der Waals surface area contributed by atoms with Crippen LogP contribution in [0.4, 0.5) is 0 Å². The maximum Gasteiger partial charge on any atom is 0.307 e. The summed E-state index contributed by atoms with van der Waals surface area (Å²) in [5, 5.41) is 9.42. The maximum absolute atomic E-state index is 12.8. The number of hydrogen-bond acceptors (Lipinski definition) is 3. The van der Waals surface area contributed by atoms with Crippen LogP contribution < -0.4 is 0 Å². The molecule has 0 bridgehead atoms. The lowest BCUT2D eigenvalue weighted by molar-refractivity contribution is -0.150. The summed E-state index contributed by atoms with van der Waals surface area (Å²) in [6.07, 6.45) is 4.81. The van der Waals surface area contributed by atoms with Gasteiger partial charge in [-0.1, -0.05) is 13.3 Å². The maximum atomic E-state index is 12.8. The van der Waals surface area contributed by atoms with Crippen molar-refractivity contribution in [3.8, 4) is 0 Å². The van der Waals surface area contributed by atoms with Gasteiger partial charge in [0.1, 0.15) is 0 Å². The van der Waals surface area contributed by atoms with Crippen molar-refractivity contribution >= 4 is 11.9 Å². The summed E-state index contributed by atoms with van der Waals surface area (Å²) in [4.78, 5) is 28.7. The van der Waals surface area contributed by atoms with E-state index in [1.165, 1.54) is 12.8 Å². The number of carboxylic acids is 1. The van der Waals surface area contributed by atoms with Gasteiger partial charge in [0.05, 0.1) is 11.8 Å². The van der Waals surface area contributed by atoms with E-state index < -0.39 is 11.9 Å². The number of hydrogen-bond donors (Lipinski definition) is 1. The van der Waals surface area contributed by atoms with E-state index in [0.29, 0.717) is 18.4 Å². The number of carboxylic acid groups (broad SMARTS) is 1. The molecule has 5 nitrogen and oxygen atoms in total. The summed E-state index contributed by atoms with van der Waals surface area (Å²) < 4.78 is 0. The van der Waals surface area contributed by atoms with Crippen LogP contribution in [0, 0.1) is 17.8 Å². The second kappa shape index (κ2) is 5.95. The predicted molar refractivity (Wildman–Crippen MR) is 78.8 cm³/mol. The Bertz CT molecular complexity index is 426. The van der Waals surface area contributed by atoms with Crippen molar-refractivity contribution in [2.75, 3.05) is 26.2 Å². The summed E-state index contributed by atoms with van der Waals surface area (Å²) in [5.41, 5.74) is 0. The van der Waals surface area contributed by atoms with E-state index in [-0.39, 0.29) is 11.8 Å². The van der Waals surface area contributed by atoms with Crippen molar-refractivity contribution in [3.63, 3.8) is 0 Å². The van der Waals surface area contributed by atoms with Crippen molar-refractivity contribution in [3.05, 3.63) is 0 Å². The lowest BCUT2D eigenvalue weighted by Crippen LogP contribution is -2.54. The highest BCUT2D eigenvalue weighted by atomic mass is 16.4. The molecular formula is C16H26N2O3. The second-order valence-electron chi connectivity index (χ2n) is 6.91. The molecule has 118 valence electrons. The van der Waals surface area contributed by atoms with E-state index in [9.17, 15) is 14.7 Å². The van der Waals surface area contributed by atoms with Crippen molar-refractivity contribution in [1.29, 1.82) is 0 Å². The minimum atomic E-state index is -0.788. The molecule has 1 amide bonds. The van der Waals surface area contributed by atoms with Gasteiger partial charge in [-0.15, -0.1) is 0 Å². The Labute approximate surface area is 126 Å². The van der Waals surface area contributed by atoms with E-state index in [1.807, 2.05) is 4.90 Å². The first kappa shape index (κ1) is 14.8. The van der Waals surface area contributed by atoms with Gasteiger partial charge in [-0.25, -0.2) is 0 Å². The standard InChI is InChI=1S/C16H26N2O3/c1-2-11-8-13(14(9-11)16(20)21)15(19)18-7-6-17-5-3-4-12(17)10-18/h11-14H,2-10H2,1H3,(H,20,21)/t11?,12?,13-,14+/m0/s1. The van der Waals surface area contributed by atoms with Crippen molar-refractivity contribution < 1.29 is 14.7 Å². The third-order valence-corrected chi connectivity index (χ3v) is 5.77. The molecule has 2 saturated heterocycles. The van der Waals surface area contributed by atoms with Crippen molar-refractivity contribution in [1.82, 2.24) is 9.80 Å². The molecule has 3 aliphatic rings. The SMILES string of the molecule is CCC1C[C@H](C(=O)N2CCN3CCCC3C2)[C@H](C(=O)O)C1. The fourth-order valence-corrected chi connectivity index (χ4v) is 4.45. The highest BCUT2D eigenvalue weighted by molar-refractivity contribution is 5.85. The Morgan fingerprint density at radius 3 is 2.62 bits per heavy atom. The monoisotopic (exact) mass is 294 g/mol. The van der Waals surface area contributed by atoms with Gasteiger partial charge >= 0.3 is 5.97 Å². The zero-order chi connectivity index (χ0) is 15.0. The van der Waals surface area contributed by atoms with Crippen LogP contribution >= 0.6 is 0 Å². The van der Waals surface area contributed by atoms with Crippen LogP contribution in [0.25, 0.3) is 0 Å². The highest BCUT2D eigenvalue weighted by Crippen LogP contribution is 2.39. The van der Waals surface area contributed by atoms with E-state index >= 15 is 0 Å². The van der Waals surface area contributed by atoms with Gasteiger partial charge in [0, 0.05) is 25.7 Å². The van der Waals surface area contributed by atoms with Crippen LogP contribution in [0.1, 0.15) is 39.0 Å². The summed E-state index contributed by atoms with van der Waals surface area (Å²) in [5.74, 6) is -1.05. The summed E-state index contributed by atoms with van der Waals surface area (Å²) in [6, 6.07) is 0.509. The zero-order valence-corrected chi connectivity index (χ0v) is 12.8. The molecule has 1 saturated carbocycles. The summed E-state index contributed by atoms with van der Waals surface area (Å²) in [6.45, 7) is 5.78. The van der Waals surface area contributed by atoms with Gasteiger partial charge in [-0.3, -0.25) is 14.5 Å². The van der Waals surface area contributed by atoms with Gasteiger partial charge in [0.25, 0.3) is 0 Å². The quantitative estimate of drug-likeness (QED) is 0.855. The van der Waals surface area contributed by atoms with E-state index in [4.69, 9.17) is 0 Å². The molecule has 3 rings (SSSR count). The van der Waals surface area contributed by atoms with Crippen LogP contribution in [0.2, 0.25) is 0 Å². The van der Waals surface area contributed by atoms with Crippen LogP contribution in [0.3, 0.4) is 0 Å². The third kappa shape index (κ3) is 2.80. The van der Waals surface area contributed by atoms with Gasteiger partial charge in [0.15, 0.2) is 0 Å². The first-order valence-electron chi connectivity index (χ1n) is 8.35. The lowest BCUT2D eigenvalue weighted by Gasteiger charge is -2.39. The van der Waals surface area contributed by atoms with Crippen molar-refractivity contribution in [2.45, 2.75) is 45.1 Å². The Balaban J connectivity index is 1.67. The van der Waals surface area contributed by atoms with Crippen LogP contribution in [0.5, 0.6) is 0 Å². The number of carbonyl (C=O) groups excluding carboxylic acids is 1. The predicted octanol–water partition coefficient (Wildman–Crippen LogP) is 1.43. The molecule has 0 aromatic carbocycles. The molecule has 2 aliphatic heterocycles. The molecule has 2 unspecified atom stereocenters. The van der Waals surface area contributed by atoms with Crippen LogP contribution in [-0.2, 0) is 9.59 Å². The van der Waals surface area contributed by atoms with Gasteiger partial charge in [0.2, 0.25) is 5.91 Å². The lowest BCUT2D eigenvalue weighted by atomic mass is 9.94. The third-order valence-electron chi connectivity index (χ3n) is 5.77. The van der Waals surface area contributed by atoms with Crippen LogP contribution in [0.15, 0.2) is 0 Å². The van der Waals surface area contributed by atoms with Gasteiger partial charge < -0.3 is 10.0 Å². The van der Waals surface area contributed by atoms with E-state index in [0.717, 1.165) is 39.0 Å². The highest BCUT2D eigenvalue weighted by Gasteiger charge is 2.45.